The maximum Gasteiger partial charge on any atom is 0.236 e. The lowest BCUT2D eigenvalue weighted by molar-refractivity contribution is -0.122. The van der Waals surface area contributed by atoms with Gasteiger partial charge >= 0.3 is 0 Å². The molecule has 2 atom stereocenters. The number of anilines is 1. The van der Waals surface area contributed by atoms with Crippen LogP contribution in [0.1, 0.15) is 18.4 Å². The van der Waals surface area contributed by atoms with Crippen LogP contribution in [0.15, 0.2) is 18.2 Å². The van der Waals surface area contributed by atoms with Crippen molar-refractivity contribution in [3.8, 4) is 0 Å². The van der Waals surface area contributed by atoms with Gasteiger partial charge in [-0.25, -0.2) is 0 Å². The molecule has 0 radical (unpaired) electrons. The number of thioether (sulfide) groups is 1. The summed E-state index contributed by atoms with van der Waals surface area (Å²) in [6.07, 6.45) is 3.83. The van der Waals surface area contributed by atoms with E-state index in [1.807, 2.05) is 18.4 Å². The number of nitrogens with two attached hydrogens (primary N) is 1. The summed E-state index contributed by atoms with van der Waals surface area (Å²) >= 11 is 7.83. The summed E-state index contributed by atoms with van der Waals surface area (Å²) in [6, 6.07) is 5.60. The van der Waals surface area contributed by atoms with Gasteiger partial charge < -0.3 is 16.0 Å². The topological polar surface area (TPSA) is 58.4 Å². The van der Waals surface area contributed by atoms with Gasteiger partial charge in [-0.3, -0.25) is 4.79 Å². The van der Waals surface area contributed by atoms with Crippen molar-refractivity contribution in [2.75, 3.05) is 36.5 Å². The third-order valence-electron chi connectivity index (χ3n) is 4.33. The number of nitrogens with zero attached hydrogens (tertiary/aromatic N) is 1. The van der Waals surface area contributed by atoms with Gasteiger partial charge in [0.15, 0.2) is 0 Å². The zero-order chi connectivity index (χ0) is 16.8. The Labute approximate surface area is 160 Å². The molecule has 0 aliphatic carbocycles. The summed E-state index contributed by atoms with van der Waals surface area (Å²) in [4.78, 5) is 14.3. The molecule has 1 aliphatic heterocycles. The van der Waals surface area contributed by atoms with Crippen LogP contribution in [0.5, 0.6) is 0 Å². The van der Waals surface area contributed by atoms with Gasteiger partial charge in [0, 0.05) is 30.3 Å². The molecule has 1 amide bonds. The van der Waals surface area contributed by atoms with Crippen LogP contribution in [0.4, 0.5) is 5.69 Å². The van der Waals surface area contributed by atoms with E-state index in [-0.39, 0.29) is 18.3 Å². The number of carbonyl (C=O) groups is 1. The van der Waals surface area contributed by atoms with Crippen molar-refractivity contribution in [1.29, 1.82) is 0 Å². The first-order chi connectivity index (χ1) is 11.0. The van der Waals surface area contributed by atoms with E-state index in [1.54, 1.807) is 11.8 Å². The molecule has 7 heteroatoms. The van der Waals surface area contributed by atoms with E-state index in [2.05, 4.69) is 23.2 Å². The van der Waals surface area contributed by atoms with Crippen LogP contribution in [0.25, 0.3) is 0 Å². The second-order valence-corrected chi connectivity index (χ2v) is 7.59. The molecule has 24 heavy (non-hydrogen) atoms. The second-order valence-electron chi connectivity index (χ2n) is 6.16. The van der Waals surface area contributed by atoms with Gasteiger partial charge in [0.05, 0.1) is 6.04 Å². The fourth-order valence-electron chi connectivity index (χ4n) is 2.89. The van der Waals surface area contributed by atoms with Crippen molar-refractivity contribution in [2.45, 2.75) is 25.8 Å². The van der Waals surface area contributed by atoms with Crippen molar-refractivity contribution >= 4 is 47.4 Å². The van der Waals surface area contributed by atoms with Crippen LogP contribution >= 0.6 is 35.8 Å². The molecule has 0 aromatic heterocycles. The number of nitrogens with one attached hydrogen (secondary N) is 1. The third-order valence-corrected chi connectivity index (χ3v) is 5.21. The molecule has 1 aromatic rings. The van der Waals surface area contributed by atoms with Crippen LogP contribution in [-0.2, 0) is 4.79 Å². The van der Waals surface area contributed by atoms with Gasteiger partial charge in [0.25, 0.3) is 0 Å². The minimum atomic E-state index is -0.393. The summed E-state index contributed by atoms with van der Waals surface area (Å²) in [6.45, 7) is 4.75. The highest BCUT2D eigenvalue weighted by Crippen LogP contribution is 2.29. The molecule has 1 unspecified atom stereocenters. The van der Waals surface area contributed by atoms with Gasteiger partial charge in [-0.1, -0.05) is 17.7 Å². The number of hydrogen-bond acceptors (Lipinski definition) is 4. The zero-order valence-electron chi connectivity index (χ0n) is 14.3. The normalized spacial score (nSPS) is 18.2. The molecule has 1 heterocycles. The van der Waals surface area contributed by atoms with E-state index in [0.29, 0.717) is 12.5 Å². The Morgan fingerprint density at radius 1 is 1.54 bits per heavy atom. The second kappa shape index (κ2) is 10.4. The SMILES string of the molecule is CSCC[C@H](N)C(=O)NCC1CCN(c2cc(Cl)ccc2C)C1.Cl. The van der Waals surface area contributed by atoms with Crippen molar-refractivity contribution in [3.63, 3.8) is 0 Å². The van der Waals surface area contributed by atoms with E-state index in [9.17, 15) is 4.79 Å². The Hall–Kier alpha value is -0.620. The predicted molar refractivity (Wildman–Crippen MR) is 108 cm³/mol. The largest absolute Gasteiger partial charge is 0.371 e. The number of rotatable bonds is 7. The number of halogens is 2. The van der Waals surface area contributed by atoms with Gasteiger partial charge in [0.1, 0.15) is 0 Å². The summed E-state index contributed by atoms with van der Waals surface area (Å²) in [5.41, 5.74) is 8.32. The summed E-state index contributed by atoms with van der Waals surface area (Å²) in [7, 11) is 0. The smallest absolute Gasteiger partial charge is 0.236 e. The lowest BCUT2D eigenvalue weighted by atomic mass is 10.1. The van der Waals surface area contributed by atoms with Crippen molar-refractivity contribution < 1.29 is 4.79 Å². The first-order valence-corrected chi connectivity index (χ1v) is 9.81. The van der Waals surface area contributed by atoms with Crippen molar-refractivity contribution in [1.82, 2.24) is 5.32 Å². The maximum atomic E-state index is 12.0. The first-order valence-electron chi connectivity index (χ1n) is 8.04. The fraction of sp³-hybridized carbons (Fsp3) is 0.588. The van der Waals surface area contributed by atoms with E-state index in [0.717, 1.165) is 36.7 Å². The molecule has 2 rings (SSSR count). The first kappa shape index (κ1) is 21.4. The average Bonchev–Trinajstić information content (AvgIpc) is 3.01. The molecule has 1 aromatic carbocycles. The summed E-state index contributed by atoms with van der Waals surface area (Å²) in [5.74, 6) is 1.35. The van der Waals surface area contributed by atoms with E-state index >= 15 is 0 Å². The number of hydrogen-bond donors (Lipinski definition) is 2. The van der Waals surface area contributed by atoms with Gasteiger partial charge in [-0.05, 0) is 55.4 Å². The third kappa shape index (κ3) is 6.03. The number of benzene rings is 1. The molecular weight excluding hydrogens is 365 g/mol. The molecule has 1 aliphatic rings. The molecule has 0 saturated carbocycles. The van der Waals surface area contributed by atoms with E-state index < -0.39 is 6.04 Å². The molecule has 1 fully saturated rings. The van der Waals surface area contributed by atoms with Gasteiger partial charge in [-0.15, -0.1) is 12.4 Å². The summed E-state index contributed by atoms with van der Waals surface area (Å²) in [5, 5.41) is 3.77. The van der Waals surface area contributed by atoms with E-state index in [1.165, 1.54) is 11.3 Å². The number of amides is 1. The lowest BCUT2D eigenvalue weighted by Crippen LogP contribution is -2.43. The molecular formula is C17H27Cl2N3OS. The summed E-state index contributed by atoms with van der Waals surface area (Å²) < 4.78 is 0. The van der Waals surface area contributed by atoms with Crippen LogP contribution in [-0.4, -0.2) is 43.6 Å². The Balaban J connectivity index is 0.00000288. The average molecular weight is 392 g/mol. The molecule has 3 N–H and O–H groups in total. The molecule has 0 spiro atoms. The number of aryl methyl sites for hydroxylation is 1. The Morgan fingerprint density at radius 2 is 2.29 bits per heavy atom. The Morgan fingerprint density at radius 3 is 3.00 bits per heavy atom. The highest BCUT2D eigenvalue weighted by atomic mass is 35.5. The number of carbonyl (C=O) groups excluding carboxylic acids is 1. The Bertz CT molecular complexity index is 545. The molecule has 0 bridgehead atoms. The highest BCUT2D eigenvalue weighted by Gasteiger charge is 2.24. The molecule has 4 nitrogen and oxygen atoms in total. The van der Waals surface area contributed by atoms with Crippen molar-refractivity contribution in [2.24, 2.45) is 11.7 Å². The molecule has 136 valence electrons. The molecule has 1 saturated heterocycles. The van der Waals surface area contributed by atoms with Gasteiger partial charge in [-0.2, -0.15) is 11.8 Å². The van der Waals surface area contributed by atoms with Crippen LogP contribution in [0.3, 0.4) is 0 Å². The Kier molecular flexibility index (Phi) is 9.27. The lowest BCUT2D eigenvalue weighted by Gasteiger charge is -2.21. The fourth-order valence-corrected chi connectivity index (χ4v) is 3.55. The maximum absolute atomic E-state index is 12.0. The quantitative estimate of drug-likeness (QED) is 0.749. The monoisotopic (exact) mass is 391 g/mol. The van der Waals surface area contributed by atoms with Gasteiger partial charge in [0.2, 0.25) is 5.91 Å². The van der Waals surface area contributed by atoms with Crippen LogP contribution < -0.4 is 16.0 Å². The zero-order valence-corrected chi connectivity index (χ0v) is 16.6. The van der Waals surface area contributed by atoms with Crippen LogP contribution in [0.2, 0.25) is 5.02 Å². The highest BCUT2D eigenvalue weighted by molar-refractivity contribution is 7.98. The minimum Gasteiger partial charge on any atom is -0.371 e. The standard InChI is InChI=1S/C17H26ClN3OS.ClH/c1-12-3-4-14(18)9-16(12)21-7-5-13(11-21)10-20-17(22)15(19)6-8-23-2;/h3-4,9,13,15H,5-8,10-11,19H2,1-2H3,(H,20,22);1H/t13?,15-;/m0./s1. The minimum absolute atomic E-state index is 0. The van der Waals surface area contributed by atoms with E-state index in [4.69, 9.17) is 17.3 Å². The van der Waals surface area contributed by atoms with Crippen molar-refractivity contribution in [3.05, 3.63) is 28.8 Å². The van der Waals surface area contributed by atoms with Crippen LogP contribution in [0, 0.1) is 12.8 Å². The predicted octanol–water partition coefficient (Wildman–Crippen LogP) is 3.09.